The van der Waals surface area contributed by atoms with E-state index >= 15 is 0 Å². The van der Waals surface area contributed by atoms with E-state index in [2.05, 4.69) is 0 Å². The Balaban J connectivity index is 1.49. The summed E-state index contributed by atoms with van der Waals surface area (Å²) in [4.78, 5) is 29.2. The van der Waals surface area contributed by atoms with Gasteiger partial charge in [-0.3, -0.25) is 9.69 Å². The molecular formula is C28H23N3O5S2. The summed E-state index contributed by atoms with van der Waals surface area (Å²) in [5.74, 6) is 0.572. The number of hydrogen-bond acceptors (Lipinski definition) is 9. The number of benzene rings is 3. The molecule has 0 N–H and O–H groups in total. The maximum atomic E-state index is 14.1. The minimum Gasteiger partial charge on any atom is -0.461 e. The predicted octanol–water partition coefficient (Wildman–Crippen LogP) is 5.59. The number of carbonyl (C=O) groups is 2. The second kappa shape index (κ2) is 9.77. The molecule has 1 spiro atoms. The first kappa shape index (κ1) is 24.4. The fraction of sp³-hybridized carbons (Fsp3) is 0.179. The average molecular weight is 546 g/mol. The number of hydrazone groups is 1. The van der Waals surface area contributed by atoms with Crippen molar-refractivity contribution < 1.29 is 23.8 Å². The van der Waals surface area contributed by atoms with Gasteiger partial charge in [-0.05, 0) is 73.6 Å². The summed E-state index contributed by atoms with van der Waals surface area (Å²) in [5, 5.41) is 6.61. The number of ether oxygens (including phenoxy) is 3. The molecule has 3 heterocycles. The first-order valence-corrected chi connectivity index (χ1v) is 13.6. The molecule has 3 aliphatic rings. The predicted molar refractivity (Wildman–Crippen MR) is 150 cm³/mol. The Kier molecular flexibility index (Phi) is 6.29. The van der Waals surface area contributed by atoms with E-state index in [1.807, 2.05) is 85.8 Å². The number of nitrogens with zero attached hydrogens (tertiary/aromatic N) is 3. The van der Waals surface area contributed by atoms with E-state index in [0.29, 0.717) is 22.1 Å². The highest BCUT2D eigenvalue weighted by molar-refractivity contribution is 8.29. The molecule has 0 aromatic heterocycles. The van der Waals surface area contributed by atoms with Gasteiger partial charge in [-0.2, -0.15) is 5.10 Å². The van der Waals surface area contributed by atoms with Crippen molar-refractivity contribution in [2.75, 3.05) is 23.3 Å². The van der Waals surface area contributed by atoms with Crippen LogP contribution in [-0.2, 0) is 14.3 Å². The smallest absolute Gasteiger partial charge is 0.365 e. The van der Waals surface area contributed by atoms with Crippen LogP contribution in [0.15, 0.2) is 82.8 Å². The van der Waals surface area contributed by atoms with E-state index in [1.54, 1.807) is 16.8 Å². The van der Waals surface area contributed by atoms with Gasteiger partial charge in [0.1, 0.15) is 0 Å². The number of fused-ring (bicyclic) bond motifs is 1. The molecule has 3 aromatic carbocycles. The van der Waals surface area contributed by atoms with Crippen LogP contribution in [-0.4, -0.2) is 34.6 Å². The summed E-state index contributed by atoms with van der Waals surface area (Å²) in [7, 11) is 0. The Morgan fingerprint density at radius 1 is 1.03 bits per heavy atom. The van der Waals surface area contributed by atoms with Crippen molar-refractivity contribution in [2.24, 2.45) is 5.10 Å². The summed E-state index contributed by atoms with van der Waals surface area (Å²) >= 11 is 2.54. The molecule has 38 heavy (non-hydrogen) atoms. The molecule has 192 valence electrons. The minimum absolute atomic E-state index is 0.171. The summed E-state index contributed by atoms with van der Waals surface area (Å²) in [6.07, 6.45) is 1.83. The van der Waals surface area contributed by atoms with Crippen LogP contribution >= 0.6 is 23.5 Å². The molecule has 0 aliphatic carbocycles. The van der Waals surface area contributed by atoms with Gasteiger partial charge in [0.25, 0.3) is 5.91 Å². The molecule has 10 heteroatoms. The Morgan fingerprint density at radius 3 is 2.55 bits per heavy atom. The van der Waals surface area contributed by atoms with Crippen molar-refractivity contribution in [3.8, 4) is 11.5 Å². The van der Waals surface area contributed by atoms with Gasteiger partial charge in [0.15, 0.2) is 11.5 Å². The maximum Gasteiger partial charge on any atom is 0.365 e. The van der Waals surface area contributed by atoms with Gasteiger partial charge in [0.05, 0.1) is 17.2 Å². The molecular weight excluding hydrogens is 522 g/mol. The fourth-order valence-corrected chi connectivity index (χ4v) is 7.18. The Bertz CT molecular complexity index is 1480. The van der Waals surface area contributed by atoms with Crippen molar-refractivity contribution in [1.82, 2.24) is 0 Å². The topological polar surface area (TPSA) is 80.7 Å². The number of rotatable bonds is 5. The van der Waals surface area contributed by atoms with Gasteiger partial charge in [0.2, 0.25) is 16.2 Å². The number of anilines is 2. The number of aryl methyl sites for hydroxylation is 1. The molecule has 0 unspecified atom stereocenters. The highest BCUT2D eigenvalue weighted by Gasteiger charge is 2.60. The quantitative estimate of drug-likeness (QED) is 0.303. The average Bonchev–Trinajstić information content (AvgIpc) is 3.61. The van der Waals surface area contributed by atoms with Gasteiger partial charge >= 0.3 is 5.97 Å². The largest absolute Gasteiger partial charge is 0.461 e. The van der Waals surface area contributed by atoms with Gasteiger partial charge in [0, 0.05) is 5.69 Å². The van der Waals surface area contributed by atoms with Crippen LogP contribution in [0.1, 0.15) is 18.1 Å². The molecule has 1 atom stereocenters. The normalized spacial score (nSPS) is 20.9. The van der Waals surface area contributed by atoms with E-state index in [4.69, 9.17) is 19.3 Å². The van der Waals surface area contributed by atoms with Crippen LogP contribution in [0, 0.1) is 6.92 Å². The fourth-order valence-electron chi connectivity index (χ4n) is 4.30. The third kappa shape index (κ3) is 4.19. The molecule has 3 aromatic rings. The van der Waals surface area contributed by atoms with Crippen molar-refractivity contribution in [3.05, 3.63) is 88.8 Å². The highest BCUT2D eigenvalue weighted by Crippen LogP contribution is 2.59. The first-order valence-electron chi connectivity index (χ1n) is 12.0. The number of para-hydroxylation sites is 1. The lowest BCUT2D eigenvalue weighted by Crippen LogP contribution is -2.51. The number of hydrogen-bond donors (Lipinski definition) is 0. The molecule has 8 nitrogen and oxygen atoms in total. The van der Waals surface area contributed by atoms with E-state index in [9.17, 15) is 9.59 Å². The molecule has 6 rings (SSSR count). The number of thioether (sulfide) groups is 2. The lowest BCUT2D eigenvalue weighted by atomic mass is 10.2. The zero-order valence-electron chi connectivity index (χ0n) is 20.6. The zero-order chi connectivity index (χ0) is 26.3. The molecule has 1 saturated heterocycles. The van der Waals surface area contributed by atoms with Gasteiger partial charge in [-0.1, -0.05) is 53.7 Å². The van der Waals surface area contributed by atoms with Crippen LogP contribution in [0.3, 0.4) is 0 Å². The van der Waals surface area contributed by atoms with Crippen LogP contribution in [0.5, 0.6) is 11.5 Å². The zero-order valence-corrected chi connectivity index (χ0v) is 22.3. The van der Waals surface area contributed by atoms with E-state index in [1.165, 1.54) is 23.5 Å². The molecule has 1 amide bonds. The molecule has 3 aliphatic heterocycles. The molecule has 0 saturated carbocycles. The van der Waals surface area contributed by atoms with Crippen molar-refractivity contribution in [3.63, 3.8) is 0 Å². The number of carbonyl (C=O) groups excluding carboxylic acids is 2. The van der Waals surface area contributed by atoms with Crippen molar-refractivity contribution in [2.45, 2.75) is 18.2 Å². The Hall–Kier alpha value is -3.89. The third-order valence-electron chi connectivity index (χ3n) is 6.06. The van der Waals surface area contributed by atoms with Gasteiger partial charge in [-0.15, -0.1) is 0 Å². The van der Waals surface area contributed by atoms with Crippen LogP contribution in [0.2, 0.25) is 0 Å². The van der Waals surface area contributed by atoms with Gasteiger partial charge < -0.3 is 14.2 Å². The standard InChI is InChI=1S/C28H23N3O5S2/c1-3-34-27(33)25-29-31(21-12-9-18(2)10-13-21)28(38-25)30(20-7-5-4-6-8-20)26(32)24(37-28)16-19-11-14-22-23(15-19)36-17-35-22/h4-16H,3,17H2,1-2H3/b24-16-/t28-/m0/s1. The number of amides is 1. The second-order valence-electron chi connectivity index (χ2n) is 8.62. The van der Waals surface area contributed by atoms with E-state index < -0.39 is 10.3 Å². The second-order valence-corrected chi connectivity index (χ2v) is 11.3. The van der Waals surface area contributed by atoms with Gasteiger partial charge in [-0.25, -0.2) is 9.80 Å². The monoisotopic (exact) mass is 545 g/mol. The SMILES string of the molecule is CCOC(=O)C1=NN(c2ccc(C)cc2)[C@]2(S1)S/C(=C\c1ccc3c(c1)OCO3)C(=O)N2c1ccccc1. The van der Waals surface area contributed by atoms with Crippen LogP contribution in [0.4, 0.5) is 11.4 Å². The Morgan fingerprint density at radius 2 is 1.79 bits per heavy atom. The summed E-state index contributed by atoms with van der Waals surface area (Å²) < 4.78 is 15.1. The Labute approximate surface area is 228 Å². The van der Waals surface area contributed by atoms with E-state index in [-0.39, 0.29) is 24.4 Å². The maximum absolute atomic E-state index is 14.1. The van der Waals surface area contributed by atoms with Crippen LogP contribution < -0.4 is 19.4 Å². The molecule has 1 fully saturated rings. The summed E-state index contributed by atoms with van der Waals surface area (Å²) in [6, 6.07) is 22.8. The summed E-state index contributed by atoms with van der Waals surface area (Å²) in [5.41, 5.74) is 3.31. The molecule has 0 bridgehead atoms. The van der Waals surface area contributed by atoms with Crippen molar-refractivity contribution in [1.29, 1.82) is 0 Å². The minimum atomic E-state index is -1.13. The third-order valence-corrected chi connectivity index (χ3v) is 8.76. The highest BCUT2D eigenvalue weighted by atomic mass is 32.2. The lowest BCUT2D eigenvalue weighted by Gasteiger charge is -2.38. The summed E-state index contributed by atoms with van der Waals surface area (Å²) in [6.45, 7) is 4.15. The number of esters is 1. The van der Waals surface area contributed by atoms with Crippen molar-refractivity contribution >= 4 is 57.9 Å². The van der Waals surface area contributed by atoms with Crippen LogP contribution in [0.25, 0.3) is 6.08 Å². The molecule has 0 radical (unpaired) electrons. The van der Waals surface area contributed by atoms with E-state index in [0.717, 1.165) is 16.8 Å². The first-order chi connectivity index (χ1) is 18.5. The lowest BCUT2D eigenvalue weighted by molar-refractivity contribution is -0.134.